The van der Waals surface area contributed by atoms with Crippen molar-refractivity contribution in [1.82, 2.24) is 29.4 Å². The first-order valence-corrected chi connectivity index (χ1v) is 10.6. The average Bonchev–Trinajstić information content (AvgIpc) is 3.49. The monoisotopic (exact) mass is 476 g/mol. The second-order valence-electron chi connectivity index (χ2n) is 8.20. The molecule has 0 saturated heterocycles. The Morgan fingerprint density at radius 1 is 1.03 bits per heavy atom. The number of carbonyl (C=O) groups is 1. The number of rotatable bonds is 6. The second kappa shape index (κ2) is 9.87. The first-order valence-electron chi connectivity index (χ1n) is 10.6. The lowest BCUT2D eigenvalue weighted by Gasteiger charge is -2.28. The Kier molecular flexibility index (Phi) is 6.71. The van der Waals surface area contributed by atoms with Gasteiger partial charge in [0.15, 0.2) is 0 Å². The maximum Gasteiger partial charge on any atom is 0.253 e. The van der Waals surface area contributed by atoms with Crippen molar-refractivity contribution in [2.45, 2.75) is 18.7 Å². The molecule has 1 unspecified atom stereocenters. The van der Waals surface area contributed by atoms with Gasteiger partial charge in [-0.05, 0) is 30.3 Å². The highest BCUT2D eigenvalue weighted by molar-refractivity contribution is 5.93. The van der Waals surface area contributed by atoms with Crippen molar-refractivity contribution in [2.24, 2.45) is 0 Å². The molecular weight excluding hydrogens is 454 g/mol. The van der Waals surface area contributed by atoms with Crippen LogP contribution in [0.25, 0.3) is 0 Å². The van der Waals surface area contributed by atoms with Gasteiger partial charge in [0.25, 0.3) is 5.91 Å². The molecule has 2 heterocycles. The first-order chi connectivity index (χ1) is 16.7. The summed E-state index contributed by atoms with van der Waals surface area (Å²) in [5.41, 5.74) is -0.0417. The predicted molar refractivity (Wildman–Crippen MR) is 123 cm³/mol. The van der Waals surface area contributed by atoms with Gasteiger partial charge in [0.05, 0.1) is 24.8 Å². The maximum atomic E-state index is 14.6. The summed E-state index contributed by atoms with van der Waals surface area (Å²) in [5.74, 6) is 4.26. The van der Waals surface area contributed by atoms with Gasteiger partial charge < -0.3 is 10.0 Å². The number of aromatic nitrogens is 5. The molecule has 0 aliphatic heterocycles. The van der Waals surface area contributed by atoms with Gasteiger partial charge in [0, 0.05) is 43.0 Å². The number of benzene rings is 2. The fourth-order valence-corrected chi connectivity index (χ4v) is 3.55. The maximum absolute atomic E-state index is 14.6. The zero-order valence-corrected chi connectivity index (χ0v) is 19.1. The number of nitrogens with zero attached hydrogens (tertiary/aromatic N) is 6. The molecule has 0 spiro atoms. The van der Waals surface area contributed by atoms with Crippen LogP contribution in [0.1, 0.15) is 27.0 Å². The van der Waals surface area contributed by atoms with Gasteiger partial charge in [-0.25, -0.2) is 18.4 Å². The van der Waals surface area contributed by atoms with Gasteiger partial charge >= 0.3 is 0 Å². The van der Waals surface area contributed by atoms with Gasteiger partial charge in [-0.15, -0.1) is 0 Å². The first kappa shape index (κ1) is 23.8. The quantitative estimate of drug-likeness (QED) is 0.432. The molecule has 0 radical (unpaired) electrons. The fraction of sp³-hybridized carbons (Fsp3) is 0.200. The second-order valence-corrected chi connectivity index (χ2v) is 8.20. The molecule has 0 aliphatic rings. The molecule has 35 heavy (non-hydrogen) atoms. The molecule has 2 aromatic heterocycles. The molecule has 0 fully saturated rings. The van der Waals surface area contributed by atoms with Crippen LogP contribution in [0.5, 0.6) is 0 Å². The minimum atomic E-state index is -1.79. The Hall–Kier alpha value is -4.36. The molecule has 1 N–H and O–H groups in total. The molecule has 4 aromatic rings. The number of amides is 1. The molecule has 0 aliphatic carbocycles. The highest BCUT2D eigenvalue weighted by atomic mass is 19.1. The smallest absolute Gasteiger partial charge is 0.253 e. The molecule has 1 atom stereocenters. The van der Waals surface area contributed by atoms with Crippen LogP contribution in [-0.2, 0) is 18.7 Å². The molecule has 10 heteroatoms. The van der Waals surface area contributed by atoms with E-state index in [4.69, 9.17) is 0 Å². The Balaban J connectivity index is 1.55. The highest BCUT2D eigenvalue weighted by Crippen LogP contribution is 2.28. The highest BCUT2D eigenvalue weighted by Gasteiger charge is 2.34. The van der Waals surface area contributed by atoms with E-state index in [9.17, 15) is 18.7 Å². The lowest BCUT2D eigenvalue weighted by Crippen LogP contribution is -2.37. The van der Waals surface area contributed by atoms with Crippen molar-refractivity contribution < 1.29 is 18.7 Å². The minimum absolute atomic E-state index is 0.0927. The third-order valence-electron chi connectivity index (χ3n) is 5.27. The van der Waals surface area contributed by atoms with Crippen molar-refractivity contribution in [3.8, 4) is 11.8 Å². The zero-order valence-electron chi connectivity index (χ0n) is 19.1. The van der Waals surface area contributed by atoms with Crippen LogP contribution in [0.2, 0.25) is 0 Å². The Labute approximate surface area is 200 Å². The lowest BCUT2D eigenvalue weighted by molar-refractivity contribution is -0.00847. The average molecular weight is 476 g/mol. The molecular formula is C25H22F2N6O2. The number of carbonyl (C=O) groups excluding carboxylic acids is 1. The topological polar surface area (TPSA) is 89.1 Å². The van der Waals surface area contributed by atoms with Crippen LogP contribution in [0.15, 0.2) is 67.5 Å². The van der Waals surface area contributed by atoms with Crippen molar-refractivity contribution in [2.75, 3.05) is 14.1 Å². The third-order valence-corrected chi connectivity index (χ3v) is 5.27. The summed E-state index contributed by atoms with van der Waals surface area (Å²) < 4.78 is 30.8. The van der Waals surface area contributed by atoms with E-state index in [1.165, 1.54) is 39.2 Å². The van der Waals surface area contributed by atoms with E-state index < -0.39 is 17.2 Å². The Morgan fingerprint density at radius 3 is 2.40 bits per heavy atom. The van der Waals surface area contributed by atoms with Gasteiger partial charge in [-0.3, -0.25) is 9.48 Å². The summed E-state index contributed by atoms with van der Waals surface area (Å²) in [7, 11) is 3.37. The van der Waals surface area contributed by atoms with Crippen molar-refractivity contribution in [1.29, 1.82) is 0 Å². The summed E-state index contributed by atoms with van der Waals surface area (Å²) in [4.78, 5) is 17.3. The van der Waals surface area contributed by atoms with Crippen LogP contribution in [0.3, 0.4) is 0 Å². The summed E-state index contributed by atoms with van der Waals surface area (Å²) in [6, 6.07) is 9.93. The van der Waals surface area contributed by atoms with E-state index in [-0.39, 0.29) is 24.6 Å². The number of hydrogen-bond donors (Lipinski definition) is 1. The summed E-state index contributed by atoms with van der Waals surface area (Å²) in [6.45, 7) is -0.271. The Bertz CT molecular complexity index is 1390. The molecule has 4 rings (SSSR count). The molecule has 1 amide bonds. The van der Waals surface area contributed by atoms with Crippen LogP contribution < -0.4 is 0 Å². The van der Waals surface area contributed by atoms with E-state index in [1.807, 2.05) is 0 Å². The van der Waals surface area contributed by atoms with Crippen LogP contribution in [0.4, 0.5) is 8.78 Å². The van der Waals surface area contributed by atoms with Crippen molar-refractivity contribution >= 4 is 5.91 Å². The van der Waals surface area contributed by atoms with Crippen LogP contribution >= 0.6 is 0 Å². The SMILES string of the molecule is CN(C)C(=O)c1ccc(C#Cc2cnn(CC(O)(Cn3cncn3)c3ccc(F)cc3F)c2)cc1. The minimum Gasteiger partial charge on any atom is -0.381 e. The number of halogens is 2. The van der Waals surface area contributed by atoms with E-state index in [0.29, 0.717) is 16.7 Å². The summed E-state index contributed by atoms with van der Waals surface area (Å²) in [6.07, 6.45) is 5.83. The van der Waals surface area contributed by atoms with Gasteiger partial charge in [-0.1, -0.05) is 17.9 Å². The van der Waals surface area contributed by atoms with Crippen LogP contribution in [-0.4, -0.2) is 54.6 Å². The standard InChI is InChI=1S/C25H22F2N6O2/c1-31(2)24(34)20-7-5-18(6-8-20)3-4-19-12-29-32(13-19)14-25(35,15-33-17-28-16-30-33)22-10-9-21(26)11-23(22)27/h5-13,16-17,35H,14-15H2,1-2H3. The normalized spacial score (nSPS) is 12.5. The summed E-state index contributed by atoms with van der Waals surface area (Å²) >= 11 is 0. The number of aliphatic hydroxyl groups is 1. The van der Waals surface area contributed by atoms with E-state index in [0.717, 1.165) is 12.1 Å². The lowest BCUT2D eigenvalue weighted by atomic mass is 9.93. The number of hydrogen-bond acceptors (Lipinski definition) is 5. The molecule has 0 bridgehead atoms. The van der Waals surface area contributed by atoms with Gasteiger partial charge in [-0.2, -0.15) is 10.2 Å². The Morgan fingerprint density at radius 2 is 1.74 bits per heavy atom. The van der Waals surface area contributed by atoms with E-state index >= 15 is 0 Å². The van der Waals surface area contributed by atoms with Crippen molar-refractivity contribution in [3.63, 3.8) is 0 Å². The molecule has 178 valence electrons. The van der Waals surface area contributed by atoms with E-state index in [2.05, 4.69) is 27.0 Å². The fourth-order valence-electron chi connectivity index (χ4n) is 3.55. The van der Waals surface area contributed by atoms with Gasteiger partial charge in [0.1, 0.15) is 29.9 Å². The van der Waals surface area contributed by atoms with Crippen molar-refractivity contribution in [3.05, 3.63) is 101 Å². The largest absolute Gasteiger partial charge is 0.381 e. The van der Waals surface area contributed by atoms with Crippen LogP contribution in [0, 0.1) is 23.5 Å². The molecule has 0 saturated carbocycles. The van der Waals surface area contributed by atoms with E-state index in [1.54, 1.807) is 44.6 Å². The van der Waals surface area contributed by atoms with Gasteiger partial charge in [0.2, 0.25) is 0 Å². The molecule has 8 nitrogen and oxygen atoms in total. The zero-order chi connectivity index (χ0) is 25.0. The molecule has 2 aromatic carbocycles. The predicted octanol–water partition coefficient (Wildman–Crippen LogP) is 2.44. The summed E-state index contributed by atoms with van der Waals surface area (Å²) in [5, 5.41) is 19.6. The third kappa shape index (κ3) is 5.59.